The third-order valence-electron chi connectivity index (χ3n) is 3.66. The maximum absolute atomic E-state index is 11.9. The largest absolute Gasteiger partial charge is 0.355 e. The van der Waals surface area contributed by atoms with Crippen molar-refractivity contribution in [3.8, 4) is 0 Å². The Hall–Kier alpha value is -0.610. The summed E-state index contributed by atoms with van der Waals surface area (Å²) in [5.41, 5.74) is 6.00. The first-order valence-corrected chi connectivity index (χ1v) is 7.27. The molecule has 18 heavy (non-hydrogen) atoms. The number of nitrogens with one attached hydrogen (secondary N) is 1. The van der Waals surface area contributed by atoms with Gasteiger partial charge in [0.05, 0.1) is 6.54 Å². The molecule has 0 aromatic carbocycles. The fourth-order valence-corrected chi connectivity index (χ4v) is 2.55. The molecule has 0 bridgehead atoms. The van der Waals surface area contributed by atoms with Crippen LogP contribution in [0.4, 0.5) is 0 Å². The van der Waals surface area contributed by atoms with E-state index in [1.54, 1.807) is 0 Å². The first kappa shape index (κ1) is 15.4. The molecule has 1 aliphatic heterocycles. The molecule has 0 radical (unpaired) electrons. The van der Waals surface area contributed by atoms with E-state index >= 15 is 0 Å². The normalized spacial score (nSPS) is 23.1. The van der Waals surface area contributed by atoms with E-state index in [-0.39, 0.29) is 11.9 Å². The van der Waals surface area contributed by atoms with E-state index in [4.69, 9.17) is 5.73 Å². The maximum atomic E-state index is 11.9. The van der Waals surface area contributed by atoms with Gasteiger partial charge in [-0.15, -0.1) is 0 Å². The molecule has 1 rings (SSSR count). The number of piperidine rings is 1. The summed E-state index contributed by atoms with van der Waals surface area (Å²) in [4.78, 5) is 14.1. The molecule has 2 unspecified atom stereocenters. The van der Waals surface area contributed by atoms with Gasteiger partial charge < -0.3 is 11.1 Å². The van der Waals surface area contributed by atoms with Crippen LogP contribution in [0.2, 0.25) is 0 Å². The van der Waals surface area contributed by atoms with Crippen LogP contribution in [0.3, 0.4) is 0 Å². The van der Waals surface area contributed by atoms with Gasteiger partial charge in [0.25, 0.3) is 0 Å². The zero-order valence-electron chi connectivity index (χ0n) is 12.1. The summed E-state index contributed by atoms with van der Waals surface area (Å²) < 4.78 is 0. The van der Waals surface area contributed by atoms with E-state index in [0.29, 0.717) is 18.5 Å². The Bertz CT molecular complexity index is 253. The highest BCUT2D eigenvalue weighted by Gasteiger charge is 2.26. The minimum atomic E-state index is 0.142. The number of nitrogens with zero attached hydrogens (tertiary/aromatic N) is 1. The number of carbonyl (C=O) groups excluding carboxylic acids is 1. The number of rotatable bonds is 6. The van der Waals surface area contributed by atoms with Crippen molar-refractivity contribution in [2.24, 2.45) is 11.7 Å². The first-order chi connectivity index (χ1) is 8.50. The third-order valence-corrected chi connectivity index (χ3v) is 3.66. The predicted octanol–water partition coefficient (Wildman–Crippen LogP) is 1.35. The molecule has 0 aromatic rings. The third kappa shape index (κ3) is 5.36. The lowest BCUT2D eigenvalue weighted by Crippen LogP contribution is -2.52. The fourth-order valence-electron chi connectivity index (χ4n) is 2.55. The Morgan fingerprint density at radius 1 is 1.39 bits per heavy atom. The number of nitrogens with two attached hydrogens (primary N) is 1. The molecule has 3 N–H and O–H groups in total. The number of likely N-dealkylation sites (tertiary alicyclic amines) is 1. The molecule has 2 atom stereocenters. The van der Waals surface area contributed by atoms with Crippen LogP contribution in [0.1, 0.15) is 46.5 Å². The van der Waals surface area contributed by atoms with Gasteiger partial charge in [-0.2, -0.15) is 0 Å². The van der Waals surface area contributed by atoms with Gasteiger partial charge in [-0.05, 0) is 38.6 Å². The average molecular weight is 255 g/mol. The highest BCUT2D eigenvalue weighted by molar-refractivity contribution is 5.78. The Morgan fingerprint density at radius 3 is 2.72 bits per heavy atom. The summed E-state index contributed by atoms with van der Waals surface area (Å²) in [5, 5.41) is 3.00. The molecular formula is C14H29N3O. The molecule has 1 amide bonds. The van der Waals surface area contributed by atoms with Crippen LogP contribution < -0.4 is 11.1 Å². The molecule has 106 valence electrons. The topological polar surface area (TPSA) is 58.4 Å². The summed E-state index contributed by atoms with van der Waals surface area (Å²) in [6, 6.07) is 0.517. The SMILES string of the molecule is CC(C)CCNC(=O)CN1CCCCC1C(C)N. The molecule has 1 saturated heterocycles. The van der Waals surface area contributed by atoms with Crippen molar-refractivity contribution in [2.75, 3.05) is 19.6 Å². The smallest absolute Gasteiger partial charge is 0.234 e. The summed E-state index contributed by atoms with van der Waals surface area (Å²) in [5.74, 6) is 0.778. The molecule has 4 nitrogen and oxygen atoms in total. The van der Waals surface area contributed by atoms with Gasteiger partial charge in [0.15, 0.2) is 0 Å². The quantitative estimate of drug-likeness (QED) is 0.753. The molecule has 0 saturated carbocycles. The Morgan fingerprint density at radius 2 is 2.11 bits per heavy atom. The van der Waals surface area contributed by atoms with E-state index in [0.717, 1.165) is 25.9 Å². The number of hydrogen-bond acceptors (Lipinski definition) is 3. The second-order valence-electron chi connectivity index (χ2n) is 5.93. The van der Waals surface area contributed by atoms with Crippen molar-refractivity contribution in [1.82, 2.24) is 10.2 Å². The summed E-state index contributed by atoms with van der Waals surface area (Å²) in [6.45, 7) is 8.67. The Labute approximate surface area is 111 Å². The van der Waals surface area contributed by atoms with Gasteiger partial charge in [0.2, 0.25) is 5.91 Å². The molecule has 0 aliphatic carbocycles. The monoisotopic (exact) mass is 255 g/mol. The highest BCUT2D eigenvalue weighted by Crippen LogP contribution is 2.18. The van der Waals surface area contributed by atoms with Gasteiger partial charge >= 0.3 is 0 Å². The van der Waals surface area contributed by atoms with Gasteiger partial charge in [-0.3, -0.25) is 9.69 Å². The van der Waals surface area contributed by atoms with Crippen molar-refractivity contribution in [1.29, 1.82) is 0 Å². The summed E-state index contributed by atoms with van der Waals surface area (Å²) in [7, 11) is 0. The lowest BCUT2D eigenvalue weighted by atomic mass is 9.97. The van der Waals surface area contributed by atoms with Crippen molar-refractivity contribution in [3.05, 3.63) is 0 Å². The van der Waals surface area contributed by atoms with Crippen LogP contribution in [0.25, 0.3) is 0 Å². The first-order valence-electron chi connectivity index (χ1n) is 7.27. The van der Waals surface area contributed by atoms with Crippen LogP contribution in [-0.4, -0.2) is 42.5 Å². The summed E-state index contributed by atoms with van der Waals surface area (Å²) in [6.07, 6.45) is 4.58. The predicted molar refractivity (Wildman–Crippen MR) is 75.3 cm³/mol. The van der Waals surface area contributed by atoms with Crippen molar-refractivity contribution in [3.63, 3.8) is 0 Å². The molecule has 1 aliphatic rings. The van der Waals surface area contributed by atoms with Crippen LogP contribution in [0, 0.1) is 5.92 Å². The van der Waals surface area contributed by atoms with Gasteiger partial charge in [0.1, 0.15) is 0 Å². The zero-order valence-corrected chi connectivity index (χ0v) is 12.1. The van der Waals surface area contributed by atoms with Crippen LogP contribution in [0.5, 0.6) is 0 Å². The van der Waals surface area contributed by atoms with Gasteiger partial charge in [0, 0.05) is 18.6 Å². The molecule has 0 spiro atoms. The van der Waals surface area contributed by atoms with Crippen molar-refractivity contribution < 1.29 is 4.79 Å². The zero-order chi connectivity index (χ0) is 13.5. The van der Waals surface area contributed by atoms with Gasteiger partial charge in [-0.25, -0.2) is 0 Å². The summed E-state index contributed by atoms with van der Waals surface area (Å²) >= 11 is 0. The molecular weight excluding hydrogens is 226 g/mol. The lowest BCUT2D eigenvalue weighted by Gasteiger charge is -2.37. The standard InChI is InChI=1S/C14H29N3O/c1-11(2)7-8-16-14(18)10-17-9-5-4-6-13(17)12(3)15/h11-13H,4-10,15H2,1-3H3,(H,16,18). The minimum Gasteiger partial charge on any atom is -0.355 e. The number of carbonyl (C=O) groups is 1. The van der Waals surface area contributed by atoms with E-state index in [1.165, 1.54) is 12.8 Å². The lowest BCUT2D eigenvalue weighted by molar-refractivity contribution is -0.123. The van der Waals surface area contributed by atoms with E-state index in [9.17, 15) is 4.79 Å². The fraction of sp³-hybridized carbons (Fsp3) is 0.929. The van der Waals surface area contributed by atoms with E-state index in [1.807, 2.05) is 6.92 Å². The van der Waals surface area contributed by atoms with Crippen LogP contribution in [0.15, 0.2) is 0 Å². The second-order valence-corrected chi connectivity index (χ2v) is 5.93. The number of amides is 1. The Balaban J connectivity index is 2.32. The van der Waals surface area contributed by atoms with Crippen molar-refractivity contribution in [2.45, 2.75) is 58.5 Å². The van der Waals surface area contributed by atoms with Crippen molar-refractivity contribution >= 4 is 5.91 Å². The van der Waals surface area contributed by atoms with Crippen LogP contribution >= 0.6 is 0 Å². The second kappa shape index (κ2) is 7.74. The highest BCUT2D eigenvalue weighted by atomic mass is 16.2. The molecule has 0 aromatic heterocycles. The Kier molecular flexibility index (Phi) is 6.65. The number of hydrogen-bond donors (Lipinski definition) is 2. The average Bonchev–Trinajstić information content (AvgIpc) is 2.28. The molecule has 1 fully saturated rings. The molecule has 1 heterocycles. The van der Waals surface area contributed by atoms with Crippen LogP contribution in [-0.2, 0) is 4.79 Å². The minimum absolute atomic E-state index is 0.142. The van der Waals surface area contributed by atoms with Gasteiger partial charge in [-0.1, -0.05) is 20.3 Å². The van der Waals surface area contributed by atoms with E-state index in [2.05, 4.69) is 24.1 Å². The maximum Gasteiger partial charge on any atom is 0.234 e. The van der Waals surface area contributed by atoms with E-state index < -0.39 is 0 Å². The molecule has 4 heteroatoms.